The molecule has 122 valence electrons. The maximum Gasteiger partial charge on any atom is 0.230 e. The number of amides is 1. The van der Waals surface area contributed by atoms with E-state index in [9.17, 15) is 4.79 Å². The molecule has 1 fully saturated rings. The van der Waals surface area contributed by atoms with E-state index >= 15 is 0 Å². The Hall–Kier alpha value is -1.24. The first-order chi connectivity index (χ1) is 10.8. The van der Waals surface area contributed by atoms with E-state index in [2.05, 4.69) is 10.2 Å². The van der Waals surface area contributed by atoms with Crippen molar-refractivity contribution < 1.29 is 14.3 Å². The summed E-state index contributed by atoms with van der Waals surface area (Å²) in [5.74, 6) is 2.29. The summed E-state index contributed by atoms with van der Waals surface area (Å²) < 4.78 is 10.4. The molecule has 0 saturated carbocycles. The van der Waals surface area contributed by atoms with Crippen LogP contribution in [-0.2, 0) is 15.3 Å². The molecule has 5 nitrogen and oxygen atoms in total. The molecule has 0 aliphatic carbocycles. The molecular weight excluding hydrogens is 300 g/mol. The van der Waals surface area contributed by atoms with E-state index < -0.39 is 0 Å². The zero-order valence-electron chi connectivity index (χ0n) is 13.0. The summed E-state index contributed by atoms with van der Waals surface area (Å²) in [6.45, 7) is 5.13. The molecule has 1 aromatic carbocycles. The van der Waals surface area contributed by atoms with Gasteiger partial charge in [-0.25, -0.2) is 0 Å². The Morgan fingerprint density at radius 1 is 1.32 bits per heavy atom. The molecule has 0 aromatic heterocycles. The van der Waals surface area contributed by atoms with Crippen LogP contribution < -0.4 is 10.1 Å². The summed E-state index contributed by atoms with van der Waals surface area (Å²) in [5.41, 5.74) is 1.20. The maximum absolute atomic E-state index is 11.8. The standard InChI is InChI=1S/C16H24N2O3S/c1-20-15-4-2-14(3-5-15)12-22-13-16(19)17-6-7-18-8-10-21-11-9-18/h2-5H,6-13H2,1H3,(H,17,19). The molecule has 22 heavy (non-hydrogen) atoms. The summed E-state index contributed by atoms with van der Waals surface area (Å²) in [6, 6.07) is 7.95. The van der Waals surface area contributed by atoms with Crippen molar-refractivity contribution in [1.29, 1.82) is 0 Å². The van der Waals surface area contributed by atoms with Crippen LogP contribution in [0.4, 0.5) is 0 Å². The van der Waals surface area contributed by atoms with Crippen molar-refractivity contribution in [2.75, 3.05) is 52.3 Å². The van der Waals surface area contributed by atoms with Crippen LogP contribution in [-0.4, -0.2) is 63.1 Å². The fraction of sp³-hybridized carbons (Fsp3) is 0.562. The van der Waals surface area contributed by atoms with Gasteiger partial charge in [-0.05, 0) is 17.7 Å². The van der Waals surface area contributed by atoms with Crippen molar-refractivity contribution in [3.8, 4) is 5.75 Å². The van der Waals surface area contributed by atoms with Gasteiger partial charge in [0.1, 0.15) is 5.75 Å². The van der Waals surface area contributed by atoms with E-state index in [1.54, 1.807) is 18.9 Å². The van der Waals surface area contributed by atoms with Crippen LogP contribution in [0.2, 0.25) is 0 Å². The third kappa shape index (κ3) is 6.25. The van der Waals surface area contributed by atoms with Crippen LogP contribution in [0.5, 0.6) is 5.75 Å². The molecule has 0 spiro atoms. The molecule has 0 radical (unpaired) electrons. The lowest BCUT2D eigenvalue weighted by Gasteiger charge is -2.26. The first-order valence-electron chi connectivity index (χ1n) is 7.55. The summed E-state index contributed by atoms with van der Waals surface area (Å²) in [7, 11) is 1.66. The average molecular weight is 324 g/mol. The van der Waals surface area contributed by atoms with Crippen LogP contribution in [0, 0.1) is 0 Å². The number of morpholine rings is 1. The smallest absolute Gasteiger partial charge is 0.230 e. The van der Waals surface area contributed by atoms with Crippen LogP contribution in [0.15, 0.2) is 24.3 Å². The number of nitrogens with zero attached hydrogens (tertiary/aromatic N) is 1. The Balaban J connectivity index is 1.55. The van der Waals surface area contributed by atoms with E-state index in [4.69, 9.17) is 9.47 Å². The topological polar surface area (TPSA) is 50.8 Å². The molecule has 0 atom stereocenters. The molecule has 1 saturated heterocycles. The number of benzene rings is 1. The monoisotopic (exact) mass is 324 g/mol. The van der Waals surface area contributed by atoms with Gasteiger partial charge in [-0.3, -0.25) is 9.69 Å². The van der Waals surface area contributed by atoms with Crippen molar-refractivity contribution >= 4 is 17.7 Å². The van der Waals surface area contributed by atoms with Crippen molar-refractivity contribution in [2.45, 2.75) is 5.75 Å². The van der Waals surface area contributed by atoms with Gasteiger partial charge in [0, 0.05) is 31.9 Å². The molecule has 6 heteroatoms. The number of hydrogen-bond acceptors (Lipinski definition) is 5. The first kappa shape index (κ1) is 17.1. The summed E-state index contributed by atoms with van der Waals surface area (Å²) in [6.07, 6.45) is 0. The molecular formula is C16H24N2O3S. The Bertz CT molecular complexity index is 447. The Morgan fingerprint density at radius 3 is 2.73 bits per heavy atom. The van der Waals surface area contributed by atoms with Crippen molar-refractivity contribution in [2.24, 2.45) is 0 Å². The van der Waals surface area contributed by atoms with Gasteiger partial charge in [-0.2, -0.15) is 0 Å². The first-order valence-corrected chi connectivity index (χ1v) is 8.71. The van der Waals surface area contributed by atoms with Gasteiger partial charge in [0.15, 0.2) is 0 Å². The number of hydrogen-bond donors (Lipinski definition) is 1. The summed E-state index contributed by atoms with van der Waals surface area (Å²) >= 11 is 1.63. The van der Waals surface area contributed by atoms with Gasteiger partial charge >= 0.3 is 0 Å². The SMILES string of the molecule is COc1ccc(CSCC(=O)NCCN2CCOCC2)cc1. The molecule has 1 heterocycles. The Morgan fingerprint density at radius 2 is 2.05 bits per heavy atom. The highest BCUT2D eigenvalue weighted by atomic mass is 32.2. The lowest BCUT2D eigenvalue weighted by molar-refractivity contribution is -0.118. The molecule has 0 unspecified atom stereocenters. The van der Waals surface area contributed by atoms with Crippen LogP contribution in [0.25, 0.3) is 0 Å². The predicted molar refractivity (Wildman–Crippen MR) is 89.4 cm³/mol. The number of nitrogens with one attached hydrogen (secondary N) is 1. The van der Waals surface area contributed by atoms with Gasteiger partial charge in [-0.1, -0.05) is 12.1 Å². The molecule has 1 amide bonds. The molecule has 1 aliphatic rings. The maximum atomic E-state index is 11.8. The van der Waals surface area contributed by atoms with Crippen molar-refractivity contribution in [3.05, 3.63) is 29.8 Å². The van der Waals surface area contributed by atoms with E-state index in [1.165, 1.54) is 5.56 Å². The number of carbonyl (C=O) groups excluding carboxylic acids is 1. The minimum absolute atomic E-state index is 0.103. The van der Waals surface area contributed by atoms with E-state index in [-0.39, 0.29) is 5.91 Å². The van der Waals surface area contributed by atoms with Gasteiger partial charge < -0.3 is 14.8 Å². The molecule has 1 aromatic rings. The molecule has 1 N–H and O–H groups in total. The van der Waals surface area contributed by atoms with Gasteiger partial charge in [0.05, 0.1) is 26.1 Å². The third-order valence-corrected chi connectivity index (χ3v) is 4.52. The minimum atomic E-state index is 0.103. The van der Waals surface area contributed by atoms with Crippen molar-refractivity contribution in [3.63, 3.8) is 0 Å². The Kier molecular flexibility index (Phi) is 7.56. The van der Waals surface area contributed by atoms with E-state index in [0.717, 1.165) is 44.4 Å². The van der Waals surface area contributed by atoms with Gasteiger partial charge in [-0.15, -0.1) is 11.8 Å². The van der Waals surface area contributed by atoms with E-state index in [1.807, 2.05) is 24.3 Å². The van der Waals surface area contributed by atoms with Crippen molar-refractivity contribution in [1.82, 2.24) is 10.2 Å². The highest BCUT2D eigenvalue weighted by Gasteiger charge is 2.10. The number of carbonyl (C=O) groups is 1. The average Bonchev–Trinajstić information content (AvgIpc) is 2.56. The van der Waals surface area contributed by atoms with E-state index in [0.29, 0.717) is 12.3 Å². The van der Waals surface area contributed by atoms with Crippen LogP contribution in [0.3, 0.4) is 0 Å². The zero-order valence-corrected chi connectivity index (χ0v) is 13.9. The second kappa shape index (κ2) is 9.71. The fourth-order valence-corrected chi connectivity index (χ4v) is 3.03. The normalized spacial score (nSPS) is 15.5. The summed E-state index contributed by atoms with van der Waals surface area (Å²) in [4.78, 5) is 14.1. The zero-order chi connectivity index (χ0) is 15.6. The second-order valence-corrected chi connectivity index (χ2v) is 6.13. The third-order valence-electron chi connectivity index (χ3n) is 3.51. The lowest BCUT2D eigenvalue weighted by atomic mass is 10.2. The quantitative estimate of drug-likeness (QED) is 0.783. The molecule has 1 aliphatic heterocycles. The van der Waals surface area contributed by atoms with Crippen LogP contribution in [0.1, 0.15) is 5.56 Å². The second-order valence-electron chi connectivity index (χ2n) is 5.14. The number of methoxy groups -OCH3 is 1. The Labute approximate surface area is 136 Å². The highest BCUT2D eigenvalue weighted by molar-refractivity contribution is 7.99. The predicted octanol–water partition coefficient (Wildman–Crippen LogP) is 1.38. The largest absolute Gasteiger partial charge is 0.497 e. The van der Waals surface area contributed by atoms with Gasteiger partial charge in [0.25, 0.3) is 0 Å². The highest BCUT2D eigenvalue weighted by Crippen LogP contribution is 2.16. The van der Waals surface area contributed by atoms with Crippen LogP contribution >= 0.6 is 11.8 Å². The lowest BCUT2D eigenvalue weighted by Crippen LogP contribution is -2.41. The summed E-state index contributed by atoms with van der Waals surface area (Å²) in [5, 5.41) is 2.97. The van der Waals surface area contributed by atoms with Gasteiger partial charge in [0.2, 0.25) is 5.91 Å². The number of thioether (sulfide) groups is 1. The molecule has 2 rings (SSSR count). The number of ether oxygens (including phenoxy) is 2. The molecule has 0 bridgehead atoms. The fourth-order valence-electron chi connectivity index (χ4n) is 2.21. The number of rotatable bonds is 8. The minimum Gasteiger partial charge on any atom is -0.497 e.